The van der Waals surface area contributed by atoms with Crippen LogP contribution in [0.1, 0.15) is 19.3 Å². The van der Waals surface area contributed by atoms with E-state index in [4.69, 9.17) is 4.74 Å². The second-order valence-corrected chi connectivity index (χ2v) is 8.05. The lowest BCUT2D eigenvalue weighted by Gasteiger charge is -2.36. The van der Waals surface area contributed by atoms with Crippen molar-refractivity contribution in [2.75, 3.05) is 55.7 Å². The Balaban J connectivity index is 1.24. The van der Waals surface area contributed by atoms with Crippen molar-refractivity contribution in [2.24, 2.45) is 0 Å². The third-order valence-corrected chi connectivity index (χ3v) is 6.01. The molecule has 1 amide bonds. The highest BCUT2D eigenvalue weighted by Crippen LogP contribution is 2.34. The van der Waals surface area contributed by atoms with Crippen molar-refractivity contribution in [3.63, 3.8) is 0 Å². The van der Waals surface area contributed by atoms with Gasteiger partial charge in [-0.2, -0.15) is 0 Å². The number of rotatable bonds is 8. The van der Waals surface area contributed by atoms with Crippen LogP contribution in [-0.2, 0) is 4.79 Å². The lowest BCUT2D eigenvalue weighted by Crippen LogP contribution is -2.47. The van der Waals surface area contributed by atoms with Gasteiger partial charge in [0, 0.05) is 44.8 Å². The molecule has 2 aromatic rings. The molecule has 2 aliphatic rings. The summed E-state index contributed by atoms with van der Waals surface area (Å²) in [5.74, 6) is 0.293. The van der Waals surface area contributed by atoms with Crippen molar-refractivity contribution < 1.29 is 18.3 Å². The number of carbonyl (C=O) groups is 1. The van der Waals surface area contributed by atoms with E-state index >= 15 is 0 Å². The average molecular weight is 430 g/mol. The first-order chi connectivity index (χ1) is 15.2. The normalized spacial score (nSPS) is 19.3. The molecule has 4 rings (SSSR count). The number of halogens is 2. The van der Waals surface area contributed by atoms with Gasteiger partial charge in [0.1, 0.15) is 11.6 Å². The Morgan fingerprint density at radius 3 is 2.39 bits per heavy atom. The van der Waals surface area contributed by atoms with E-state index in [-0.39, 0.29) is 18.1 Å². The maximum Gasteiger partial charge on any atom is 0.268 e. The molecule has 1 unspecified atom stereocenters. The molecule has 1 fully saturated rings. The topological polar surface area (TPSA) is 36.0 Å². The van der Waals surface area contributed by atoms with Gasteiger partial charge in [0.25, 0.3) is 5.91 Å². The Morgan fingerprint density at radius 2 is 1.65 bits per heavy atom. The second kappa shape index (κ2) is 10.1. The quantitative estimate of drug-likeness (QED) is 0.597. The van der Waals surface area contributed by atoms with Crippen LogP contribution >= 0.6 is 0 Å². The van der Waals surface area contributed by atoms with Gasteiger partial charge in [-0.1, -0.05) is 12.1 Å². The number of ether oxygens (including phenoxy) is 1. The number of nitrogens with zero attached hydrogens (tertiary/aromatic N) is 3. The summed E-state index contributed by atoms with van der Waals surface area (Å²) in [4.78, 5) is 19.2. The van der Waals surface area contributed by atoms with Gasteiger partial charge in [-0.3, -0.25) is 14.1 Å². The minimum atomic E-state index is -0.737. The molecule has 0 N–H and O–H groups in total. The van der Waals surface area contributed by atoms with Crippen LogP contribution in [0.5, 0.6) is 5.75 Å². The van der Waals surface area contributed by atoms with Crippen LogP contribution in [-0.4, -0.2) is 62.9 Å². The number of amides is 1. The number of alkyl halides is 1. The van der Waals surface area contributed by atoms with Crippen LogP contribution in [0.3, 0.4) is 0 Å². The molecule has 0 spiro atoms. The van der Waals surface area contributed by atoms with Gasteiger partial charge in [0.15, 0.2) is 6.10 Å². The first kappa shape index (κ1) is 21.6. The van der Waals surface area contributed by atoms with Crippen molar-refractivity contribution >= 4 is 17.3 Å². The molecule has 31 heavy (non-hydrogen) atoms. The molecule has 166 valence electrons. The van der Waals surface area contributed by atoms with E-state index in [2.05, 4.69) is 9.80 Å². The van der Waals surface area contributed by atoms with Crippen LogP contribution in [0.25, 0.3) is 0 Å². The van der Waals surface area contributed by atoms with E-state index in [1.54, 1.807) is 4.90 Å². The molecule has 1 atom stereocenters. The standard InChI is InChI=1S/C24H29F2N3O2/c25-12-11-23-24(30)29(21-5-1-2-6-22(21)31-23)14-4-3-13-27-15-17-28(18-16-27)20-9-7-19(26)8-10-20/h1-2,5-10,23H,3-4,11-18H2. The van der Waals surface area contributed by atoms with Gasteiger partial charge in [-0.05, 0) is 55.8 Å². The maximum absolute atomic E-state index is 13.1. The highest BCUT2D eigenvalue weighted by molar-refractivity contribution is 6.00. The van der Waals surface area contributed by atoms with Crippen molar-refractivity contribution in [1.82, 2.24) is 4.90 Å². The number of anilines is 2. The summed E-state index contributed by atoms with van der Waals surface area (Å²) < 4.78 is 31.7. The van der Waals surface area contributed by atoms with Gasteiger partial charge >= 0.3 is 0 Å². The van der Waals surface area contributed by atoms with Gasteiger partial charge < -0.3 is 14.5 Å². The van der Waals surface area contributed by atoms with Gasteiger partial charge in [0.05, 0.1) is 12.4 Å². The maximum atomic E-state index is 13.1. The summed E-state index contributed by atoms with van der Waals surface area (Å²) in [5.41, 5.74) is 1.84. The molecule has 0 radical (unpaired) electrons. The molecule has 0 aliphatic carbocycles. The Hall–Kier alpha value is -2.67. The first-order valence-corrected chi connectivity index (χ1v) is 11.0. The molecule has 7 heteroatoms. The molecular formula is C24H29F2N3O2. The largest absolute Gasteiger partial charge is 0.478 e. The monoisotopic (exact) mass is 429 g/mol. The summed E-state index contributed by atoms with van der Waals surface area (Å²) in [5, 5.41) is 0. The highest BCUT2D eigenvalue weighted by atomic mass is 19.1. The predicted octanol–water partition coefficient (Wildman–Crippen LogP) is 3.88. The second-order valence-electron chi connectivity index (χ2n) is 8.05. The van der Waals surface area contributed by atoms with Crippen molar-refractivity contribution in [2.45, 2.75) is 25.4 Å². The van der Waals surface area contributed by atoms with E-state index in [9.17, 15) is 13.6 Å². The van der Waals surface area contributed by atoms with Crippen molar-refractivity contribution in [3.05, 3.63) is 54.3 Å². The third kappa shape index (κ3) is 5.15. The molecule has 0 saturated carbocycles. The van der Waals surface area contributed by atoms with Crippen LogP contribution in [0, 0.1) is 5.82 Å². The molecule has 1 saturated heterocycles. The molecule has 0 bridgehead atoms. The van der Waals surface area contributed by atoms with E-state index in [1.807, 2.05) is 36.4 Å². The molecule has 5 nitrogen and oxygen atoms in total. The smallest absolute Gasteiger partial charge is 0.268 e. The van der Waals surface area contributed by atoms with E-state index in [0.29, 0.717) is 12.3 Å². The zero-order chi connectivity index (χ0) is 21.6. The fraction of sp³-hybridized carbons (Fsp3) is 0.458. The molecule has 2 aromatic carbocycles. The number of benzene rings is 2. The number of unbranched alkanes of at least 4 members (excludes halogenated alkanes) is 1. The number of fused-ring (bicyclic) bond motifs is 1. The van der Waals surface area contributed by atoms with Gasteiger partial charge in [-0.25, -0.2) is 4.39 Å². The fourth-order valence-electron chi connectivity index (χ4n) is 4.28. The number of para-hydroxylation sites is 2. The van der Waals surface area contributed by atoms with Crippen molar-refractivity contribution in [3.8, 4) is 5.75 Å². The predicted molar refractivity (Wildman–Crippen MR) is 118 cm³/mol. The fourth-order valence-corrected chi connectivity index (χ4v) is 4.28. The van der Waals surface area contributed by atoms with E-state index < -0.39 is 12.8 Å². The summed E-state index contributed by atoms with van der Waals surface area (Å²) in [6, 6.07) is 14.1. The lowest BCUT2D eigenvalue weighted by atomic mass is 10.1. The summed E-state index contributed by atoms with van der Waals surface area (Å²) in [6.45, 7) is 4.79. The first-order valence-electron chi connectivity index (χ1n) is 11.0. The SMILES string of the molecule is O=C1C(CCF)Oc2ccccc2N1CCCCN1CCN(c2ccc(F)cc2)CC1. The van der Waals surface area contributed by atoms with Crippen LogP contribution in [0.15, 0.2) is 48.5 Å². The minimum Gasteiger partial charge on any atom is -0.478 e. The zero-order valence-corrected chi connectivity index (χ0v) is 17.7. The van der Waals surface area contributed by atoms with Crippen LogP contribution < -0.4 is 14.5 Å². The number of carbonyl (C=O) groups excluding carboxylic acids is 1. The number of hydrogen-bond donors (Lipinski definition) is 0. The van der Waals surface area contributed by atoms with E-state index in [1.165, 1.54) is 12.1 Å². The zero-order valence-electron chi connectivity index (χ0n) is 17.7. The molecular weight excluding hydrogens is 400 g/mol. The summed E-state index contributed by atoms with van der Waals surface area (Å²) >= 11 is 0. The summed E-state index contributed by atoms with van der Waals surface area (Å²) in [6.07, 6.45) is 1.21. The van der Waals surface area contributed by atoms with Crippen molar-refractivity contribution in [1.29, 1.82) is 0 Å². The highest BCUT2D eigenvalue weighted by Gasteiger charge is 2.33. The molecule has 2 aliphatic heterocycles. The van der Waals surface area contributed by atoms with Gasteiger partial charge in [-0.15, -0.1) is 0 Å². The molecule has 0 aromatic heterocycles. The Morgan fingerprint density at radius 1 is 0.935 bits per heavy atom. The van der Waals surface area contributed by atoms with Crippen LogP contribution in [0.2, 0.25) is 0 Å². The Kier molecular flexibility index (Phi) is 7.02. The number of hydrogen-bond acceptors (Lipinski definition) is 4. The summed E-state index contributed by atoms with van der Waals surface area (Å²) in [7, 11) is 0. The molecule has 2 heterocycles. The van der Waals surface area contributed by atoms with Gasteiger partial charge in [0.2, 0.25) is 0 Å². The Labute approximate surface area is 182 Å². The minimum absolute atomic E-state index is 0.0853. The average Bonchev–Trinajstić information content (AvgIpc) is 2.80. The van der Waals surface area contributed by atoms with Crippen LogP contribution in [0.4, 0.5) is 20.2 Å². The number of piperazine rings is 1. The van der Waals surface area contributed by atoms with E-state index in [0.717, 1.165) is 56.9 Å². The Bertz CT molecular complexity index is 869. The third-order valence-electron chi connectivity index (χ3n) is 6.01. The lowest BCUT2D eigenvalue weighted by molar-refractivity contribution is -0.126.